The Labute approximate surface area is 254 Å². The highest BCUT2D eigenvalue weighted by atomic mass is 19.1. The van der Waals surface area contributed by atoms with Crippen LogP contribution in [0, 0.1) is 11.6 Å². The first kappa shape index (κ1) is 30.6. The van der Waals surface area contributed by atoms with Gasteiger partial charge < -0.3 is 20.4 Å². The number of hydrogen-bond donors (Lipinski definition) is 2. The summed E-state index contributed by atoms with van der Waals surface area (Å²) in [5, 5.41) is 8.69. The molecule has 0 bridgehead atoms. The van der Waals surface area contributed by atoms with E-state index in [1.54, 1.807) is 29.3 Å². The summed E-state index contributed by atoms with van der Waals surface area (Å²) >= 11 is 0. The molecule has 0 spiro atoms. The van der Waals surface area contributed by atoms with E-state index >= 15 is 0 Å². The molecule has 0 unspecified atom stereocenters. The zero-order valence-electron chi connectivity index (χ0n) is 24.3. The number of nitrogens with zero attached hydrogens (tertiary/aromatic N) is 4. The minimum atomic E-state index is -0.997. The molecule has 3 aromatic carbocycles. The highest BCUT2D eigenvalue weighted by Gasteiger charge is 2.51. The fraction of sp³-hybridized carbons (Fsp3) is 0.312. The van der Waals surface area contributed by atoms with Crippen molar-refractivity contribution in [2.24, 2.45) is 0 Å². The number of fused-ring (bicyclic) bond motifs is 1. The van der Waals surface area contributed by atoms with Gasteiger partial charge in [-0.2, -0.15) is 0 Å². The van der Waals surface area contributed by atoms with Gasteiger partial charge in [-0.25, -0.2) is 23.6 Å². The maximum Gasteiger partial charge on any atom is 0.334 e. The number of anilines is 1. The predicted molar refractivity (Wildman–Crippen MR) is 158 cm³/mol. The van der Waals surface area contributed by atoms with Crippen molar-refractivity contribution in [2.45, 2.75) is 45.1 Å². The van der Waals surface area contributed by atoms with Crippen LogP contribution in [0.1, 0.15) is 30.0 Å². The number of benzene rings is 3. The normalized spacial score (nSPS) is 18.7. The fourth-order valence-corrected chi connectivity index (χ4v) is 5.73. The molecule has 12 heteroatoms. The maximum absolute atomic E-state index is 14.7. The van der Waals surface area contributed by atoms with E-state index in [4.69, 9.17) is 0 Å². The predicted octanol–water partition coefficient (Wildman–Crippen LogP) is 3.49. The van der Waals surface area contributed by atoms with Crippen LogP contribution < -0.4 is 10.6 Å². The standard InChI is InChI=1S/C32H34F2N6O4/c1-2-14-38-20-30(42)39-28(15-22-8-12-26(13-9-22)36-21-41)31(43)37(18-24-10-11-25(33)16-27(24)34)19-29(39)40(38)32(44)35-17-23-6-4-3-5-7-23/h3-13,16,21,28-29H,2,14-15,17-20H2,1H3,(H,35,44)(H,36,41)/t28-,29+/m1/s1. The van der Waals surface area contributed by atoms with Crippen LogP contribution in [0.3, 0.4) is 0 Å². The first-order valence-electron chi connectivity index (χ1n) is 14.5. The third kappa shape index (κ3) is 6.70. The summed E-state index contributed by atoms with van der Waals surface area (Å²) in [6.45, 7) is 2.28. The Bertz CT molecular complexity index is 1510. The topological polar surface area (TPSA) is 105 Å². The number of hydrazine groups is 1. The van der Waals surface area contributed by atoms with E-state index in [9.17, 15) is 28.0 Å². The summed E-state index contributed by atoms with van der Waals surface area (Å²) < 4.78 is 28.4. The van der Waals surface area contributed by atoms with Gasteiger partial charge in [0, 0.05) is 43.4 Å². The van der Waals surface area contributed by atoms with E-state index in [1.807, 2.05) is 37.3 Å². The molecule has 2 aliphatic rings. The average molecular weight is 605 g/mol. The minimum Gasteiger partial charge on any atom is -0.333 e. The molecular weight excluding hydrogens is 570 g/mol. The second kappa shape index (κ2) is 13.6. The van der Waals surface area contributed by atoms with E-state index in [0.717, 1.165) is 23.3 Å². The molecule has 5 amide bonds. The lowest BCUT2D eigenvalue weighted by Gasteiger charge is -2.55. The molecule has 10 nitrogen and oxygen atoms in total. The highest BCUT2D eigenvalue weighted by Crippen LogP contribution is 2.30. The molecule has 2 fully saturated rings. The molecule has 3 aromatic rings. The fourth-order valence-electron chi connectivity index (χ4n) is 5.73. The zero-order valence-corrected chi connectivity index (χ0v) is 24.3. The zero-order chi connectivity index (χ0) is 31.2. The third-order valence-corrected chi connectivity index (χ3v) is 7.79. The minimum absolute atomic E-state index is 0.0704. The number of urea groups is 1. The molecule has 2 atom stereocenters. The van der Waals surface area contributed by atoms with E-state index in [1.165, 1.54) is 20.9 Å². The summed E-state index contributed by atoms with van der Waals surface area (Å²) in [6.07, 6.45) is 0.470. The first-order valence-corrected chi connectivity index (χ1v) is 14.5. The average Bonchev–Trinajstić information content (AvgIpc) is 3.01. The van der Waals surface area contributed by atoms with Gasteiger partial charge in [-0.1, -0.05) is 55.5 Å². The van der Waals surface area contributed by atoms with Gasteiger partial charge in [0.25, 0.3) is 0 Å². The van der Waals surface area contributed by atoms with Crippen LogP contribution in [-0.2, 0) is 33.9 Å². The Kier molecular flexibility index (Phi) is 9.49. The molecule has 0 saturated carbocycles. The van der Waals surface area contributed by atoms with Crippen molar-refractivity contribution < 1.29 is 28.0 Å². The van der Waals surface area contributed by atoms with Crippen LogP contribution in [0.15, 0.2) is 72.8 Å². The van der Waals surface area contributed by atoms with E-state index in [0.29, 0.717) is 25.1 Å². The van der Waals surface area contributed by atoms with Crippen LogP contribution in [0.25, 0.3) is 0 Å². The van der Waals surface area contributed by atoms with E-state index in [2.05, 4.69) is 10.6 Å². The second-order valence-corrected chi connectivity index (χ2v) is 10.8. The van der Waals surface area contributed by atoms with Crippen molar-refractivity contribution in [1.82, 2.24) is 25.1 Å². The molecule has 2 heterocycles. The number of carbonyl (C=O) groups is 4. The van der Waals surface area contributed by atoms with Gasteiger partial charge in [0.1, 0.15) is 23.8 Å². The van der Waals surface area contributed by atoms with Gasteiger partial charge in [-0.3, -0.25) is 14.4 Å². The number of nitrogens with one attached hydrogen (secondary N) is 2. The summed E-state index contributed by atoms with van der Waals surface area (Å²) in [6, 6.07) is 18.0. The third-order valence-electron chi connectivity index (χ3n) is 7.79. The molecule has 2 saturated heterocycles. The lowest BCUT2D eigenvalue weighted by Crippen LogP contribution is -2.76. The van der Waals surface area contributed by atoms with E-state index < -0.39 is 35.8 Å². The van der Waals surface area contributed by atoms with Gasteiger partial charge in [-0.05, 0) is 35.7 Å². The maximum atomic E-state index is 14.7. The molecule has 2 aliphatic heterocycles. The van der Waals surface area contributed by atoms with Crippen LogP contribution in [0.5, 0.6) is 0 Å². The second-order valence-electron chi connectivity index (χ2n) is 10.8. The smallest absolute Gasteiger partial charge is 0.333 e. The van der Waals surface area contributed by atoms with Crippen LogP contribution in [0.4, 0.5) is 19.3 Å². The lowest BCUT2D eigenvalue weighted by atomic mass is 9.98. The molecular formula is C32H34F2N6O4. The van der Waals surface area contributed by atoms with Crippen LogP contribution in [0.2, 0.25) is 0 Å². The van der Waals surface area contributed by atoms with Crippen molar-refractivity contribution in [3.8, 4) is 0 Å². The Morgan fingerprint density at radius 3 is 2.43 bits per heavy atom. The number of carbonyl (C=O) groups excluding carboxylic acids is 4. The Hall–Kier alpha value is -4.84. The Balaban J connectivity index is 1.49. The number of rotatable bonds is 10. The molecule has 5 rings (SSSR count). The van der Waals surface area contributed by atoms with Crippen molar-refractivity contribution in [3.63, 3.8) is 0 Å². The largest absolute Gasteiger partial charge is 0.334 e. The quantitative estimate of drug-likeness (QED) is 0.345. The van der Waals surface area contributed by atoms with Gasteiger partial charge in [0.2, 0.25) is 18.2 Å². The molecule has 0 aliphatic carbocycles. The SMILES string of the molecule is CCCN1CC(=O)N2[C@H](Cc3ccc(NC=O)cc3)C(=O)N(Cc3ccc(F)cc3F)C[C@@H]2N1C(=O)NCc1ccccc1. The number of amides is 5. The molecule has 0 aromatic heterocycles. The summed E-state index contributed by atoms with van der Waals surface area (Å²) in [5.74, 6) is -2.25. The van der Waals surface area contributed by atoms with Crippen molar-refractivity contribution in [2.75, 3.05) is 25.0 Å². The first-order chi connectivity index (χ1) is 21.3. The van der Waals surface area contributed by atoms with Crippen molar-refractivity contribution >= 4 is 29.9 Å². The number of hydrogen-bond acceptors (Lipinski definition) is 5. The molecule has 0 radical (unpaired) electrons. The molecule has 230 valence electrons. The Morgan fingerprint density at radius 2 is 1.75 bits per heavy atom. The summed E-state index contributed by atoms with van der Waals surface area (Å²) in [4.78, 5) is 55.3. The van der Waals surface area contributed by atoms with Crippen LogP contribution >= 0.6 is 0 Å². The van der Waals surface area contributed by atoms with Gasteiger partial charge in [0.15, 0.2) is 0 Å². The number of halogens is 2. The number of piperazine rings is 1. The molecule has 2 N–H and O–H groups in total. The Morgan fingerprint density at radius 1 is 1.00 bits per heavy atom. The van der Waals surface area contributed by atoms with Crippen molar-refractivity contribution in [1.29, 1.82) is 0 Å². The van der Waals surface area contributed by atoms with Gasteiger partial charge >= 0.3 is 6.03 Å². The van der Waals surface area contributed by atoms with Crippen LogP contribution in [-0.4, -0.2) is 75.9 Å². The highest BCUT2D eigenvalue weighted by molar-refractivity contribution is 5.91. The van der Waals surface area contributed by atoms with Gasteiger partial charge in [-0.15, -0.1) is 0 Å². The monoisotopic (exact) mass is 604 g/mol. The van der Waals surface area contributed by atoms with E-state index in [-0.39, 0.29) is 44.1 Å². The molecule has 44 heavy (non-hydrogen) atoms. The lowest BCUT2D eigenvalue weighted by molar-refractivity contribution is -0.191. The summed E-state index contributed by atoms with van der Waals surface area (Å²) in [5.41, 5.74) is 2.29. The summed E-state index contributed by atoms with van der Waals surface area (Å²) in [7, 11) is 0. The van der Waals surface area contributed by atoms with Gasteiger partial charge in [0.05, 0.1) is 13.1 Å². The van der Waals surface area contributed by atoms with Crippen molar-refractivity contribution in [3.05, 3.63) is 101 Å².